The normalized spacial score (nSPS) is 43.2. The zero-order valence-electron chi connectivity index (χ0n) is 11.1. The highest BCUT2D eigenvalue weighted by atomic mass is 32.2. The molecule has 4 unspecified atom stereocenters. The van der Waals surface area contributed by atoms with Gasteiger partial charge in [0.2, 0.25) is 0 Å². The summed E-state index contributed by atoms with van der Waals surface area (Å²) < 4.78 is 6.05. The van der Waals surface area contributed by atoms with Gasteiger partial charge in [-0.05, 0) is 56.2 Å². The predicted molar refractivity (Wildman–Crippen MR) is 74.9 cm³/mol. The first-order valence-electron chi connectivity index (χ1n) is 7.40. The number of hydrogen-bond acceptors (Lipinski definition) is 4. The van der Waals surface area contributed by atoms with E-state index in [0.29, 0.717) is 11.8 Å². The van der Waals surface area contributed by atoms with Crippen molar-refractivity contribution in [1.29, 1.82) is 0 Å². The Morgan fingerprint density at radius 2 is 2.28 bits per heavy atom. The third-order valence-electron chi connectivity index (χ3n) is 4.90. The number of rotatable bonds is 2. The van der Waals surface area contributed by atoms with E-state index in [2.05, 4.69) is 5.32 Å². The summed E-state index contributed by atoms with van der Waals surface area (Å²) in [5, 5.41) is 14.1. The van der Waals surface area contributed by atoms with E-state index in [0.717, 1.165) is 38.3 Å². The molecule has 3 rings (SSSR count). The smallest absolute Gasteiger partial charge is 0.0783 e. The minimum atomic E-state index is -0.121. The first-order valence-corrected chi connectivity index (χ1v) is 8.55. The van der Waals surface area contributed by atoms with Crippen LogP contribution in [0, 0.1) is 11.8 Å². The molecule has 3 nitrogen and oxygen atoms in total. The lowest BCUT2D eigenvalue weighted by atomic mass is 9.77. The average Bonchev–Trinajstić information content (AvgIpc) is 2.87. The van der Waals surface area contributed by atoms with Crippen molar-refractivity contribution in [2.24, 2.45) is 11.8 Å². The molecule has 0 saturated carbocycles. The Hall–Kier alpha value is 0.230. The van der Waals surface area contributed by atoms with E-state index in [1.54, 1.807) is 0 Å². The van der Waals surface area contributed by atoms with Gasteiger partial charge in [0.05, 0.1) is 11.7 Å². The quantitative estimate of drug-likeness (QED) is 0.801. The molecule has 3 saturated heterocycles. The summed E-state index contributed by atoms with van der Waals surface area (Å²) in [6, 6.07) is 0. The van der Waals surface area contributed by atoms with Crippen LogP contribution in [0.5, 0.6) is 0 Å². The molecule has 1 spiro atoms. The second-order valence-corrected chi connectivity index (χ2v) is 7.29. The first-order chi connectivity index (χ1) is 8.79. The van der Waals surface area contributed by atoms with Gasteiger partial charge in [0, 0.05) is 18.9 Å². The summed E-state index contributed by atoms with van der Waals surface area (Å²) in [6.45, 7) is 2.97. The lowest BCUT2D eigenvalue weighted by Crippen LogP contribution is -2.47. The Labute approximate surface area is 114 Å². The van der Waals surface area contributed by atoms with Crippen molar-refractivity contribution < 1.29 is 9.84 Å². The maximum absolute atomic E-state index is 10.6. The van der Waals surface area contributed by atoms with Crippen LogP contribution in [-0.4, -0.2) is 48.0 Å². The molecule has 0 aromatic carbocycles. The Bertz CT molecular complexity index is 275. The molecule has 3 heterocycles. The van der Waals surface area contributed by atoms with Gasteiger partial charge < -0.3 is 15.2 Å². The monoisotopic (exact) mass is 271 g/mol. The van der Waals surface area contributed by atoms with Crippen molar-refractivity contribution in [3.8, 4) is 0 Å². The topological polar surface area (TPSA) is 41.5 Å². The summed E-state index contributed by atoms with van der Waals surface area (Å²) in [4.78, 5) is 0. The van der Waals surface area contributed by atoms with Crippen LogP contribution in [0.3, 0.4) is 0 Å². The van der Waals surface area contributed by atoms with Crippen LogP contribution in [0.15, 0.2) is 0 Å². The first kappa shape index (κ1) is 13.2. The number of thioether (sulfide) groups is 1. The zero-order valence-corrected chi connectivity index (χ0v) is 11.9. The molecule has 0 amide bonds. The van der Waals surface area contributed by atoms with Crippen LogP contribution in [0.2, 0.25) is 0 Å². The van der Waals surface area contributed by atoms with Crippen LogP contribution in [0.25, 0.3) is 0 Å². The van der Waals surface area contributed by atoms with E-state index in [4.69, 9.17) is 4.74 Å². The Morgan fingerprint density at radius 3 is 3.00 bits per heavy atom. The number of aliphatic hydroxyl groups is 1. The number of aliphatic hydroxyl groups excluding tert-OH is 1. The second-order valence-electron chi connectivity index (χ2n) is 6.18. The SMILES string of the molecule is OC(C1CCCNC1)C1CCOC2(CCSC2)C1. The Balaban J connectivity index is 1.60. The van der Waals surface area contributed by atoms with E-state index in [9.17, 15) is 5.11 Å². The van der Waals surface area contributed by atoms with Gasteiger partial charge in [0.15, 0.2) is 0 Å². The molecule has 3 fully saturated rings. The van der Waals surface area contributed by atoms with Crippen molar-refractivity contribution >= 4 is 11.8 Å². The predicted octanol–water partition coefficient (Wildman–Crippen LogP) is 1.65. The van der Waals surface area contributed by atoms with Crippen LogP contribution < -0.4 is 5.32 Å². The molecule has 0 radical (unpaired) electrons. The van der Waals surface area contributed by atoms with Gasteiger partial charge in [-0.2, -0.15) is 11.8 Å². The fourth-order valence-corrected chi connectivity index (χ4v) is 5.15. The molecule has 2 N–H and O–H groups in total. The van der Waals surface area contributed by atoms with Crippen LogP contribution in [0.1, 0.15) is 32.1 Å². The molecule has 4 heteroatoms. The van der Waals surface area contributed by atoms with Crippen LogP contribution in [-0.2, 0) is 4.74 Å². The molecular weight excluding hydrogens is 246 g/mol. The van der Waals surface area contributed by atoms with E-state index in [1.165, 1.54) is 25.0 Å². The van der Waals surface area contributed by atoms with Gasteiger partial charge in [-0.25, -0.2) is 0 Å². The number of hydrogen-bond donors (Lipinski definition) is 2. The average molecular weight is 271 g/mol. The molecule has 4 atom stereocenters. The standard InChI is InChI=1S/C14H25NO2S/c16-13(12-2-1-5-15-9-12)11-3-6-17-14(8-11)4-7-18-10-14/h11-13,15-16H,1-10H2. The molecule has 3 aliphatic rings. The molecule has 18 heavy (non-hydrogen) atoms. The highest BCUT2D eigenvalue weighted by molar-refractivity contribution is 7.99. The largest absolute Gasteiger partial charge is 0.392 e. The molecule has 104 valence electrons. The Morgan fingerprint density at radius 1 is 1.33 bits per heavy atom. The zero-order chi connectivity index (χ0) is 12.4. The third kappa shape index (κ3) is 2.72. The minimum Gasteiger partial charge on any atom is -0.392 e. The minimum absolute atomic E-state index is 0.108. The number of piperidine rings is 1. The molecule has 0 aromatic heterocycles. The van der Waals surface area contributed by atoms with Crippen molar-refractivity contribution in [3.05, 3.63) is 0 Å². The summed E-state index contributed by atoms with van der Waals surface area (Å²) in [5.41, 5.74) is 0.108. The van der Waals surface area contributed by atoms with Crippen molar-refractivity contribution in [2.45, 2.75) is 43.8 Å². The van der Waals surface area contributed by atoms with E-state index >= 15 is 0 Å². The molecular formula is C14H25NO2S. The van der Waals surface area contributed by atoms with E-state index in [-0.39, 0.29) is 11.7 Å². The molecule has 0 aliphatic carbocycles. The maximum atomic E-state index is 10.6. The van der Waals surface area contributed by atoms with E-state index < -0.39 is 0 Å². The Kier molecular flexibility index (Phi) is 4.18. The number of nitrogens with one attached hydrogen (secondary N) is 1. The van der Waals surface area contributed by atoms with Gasteiger partial charge in [-0.1, -0.05) is 0 Å². The van der Waals surface area contributed by atoms with Gasteiger partial charge >= 0.3 is 0 Å². The fraction of sp³-hybridized carbons (Fsp3) is 1.00. The van der Waals surface area contributed by atoms with E-state index in [1.807, 2.05) is 11.8 Å². The summed E-state index contributed by atoms with van der Waals surface area (Å²) in [7, 11) is 0. The van der Waals surface area contributed by atoms with Crippen molar-refractivity contribution in [3.63, 3.8) is 0 Å². The summed E-state index contributed by atoms with van der Waals surface area (Å²) in [6.07, 6.45) is 5.59. The molecule has 0 aromatic rings. The maximum Gasteiger partial charge on any atom is 0.0783 e. The van der Waals surface area contributed by atoms with Gasteiger partial charge in [-0.15, -0.1) is 0 Å². The van der Waals surface area contributed by atoms with Crippen LogP contribution in [0.4, 0.5) is 0 Å². The summed E-state index contributed by atoms with van der Waals surface area (Å²) in [5.74, 6) is 3.29. The highest BCUT2D eigenvalue weighted by Gasteiger charge is 2.43. The van der Waals surface area contributed by atoms with Crippen molar-refractivity contribution in [1.82, 2.24) is 5.32 Å². The second kappa shape index (κ2) is 5.70. The van der Waals surface area contributed by atoms with Gasteiger partial charge in [-0.3, -0.25) is 0 Å². The molecule has 0 bridgehead atoms. The molecule has 3 aliphatic heterocycles. The highest BCUT2D eigenvalue weighted by Crippen LogP contribution is 2.42. The third-order valence-corrected chi connectivity index (χ3v) is 6.12. The fourth-order valence-electron chi connectivity index (χ4n) is 3.78. The van der Waals surface area contributed by atoms with Crippen molar-refractivity contribution in [2.75, 3.05) is 31.2 Å². The van der Waals surface area contributed by atoms with Gasteiger partial charge in [0.1, 0.15) is 0 Å². The number of ether oxygens (including phenoxy) is 1. The summed E-state index contributed by atoms with van der Waals surface area (Å²) >= 11 is 2.01. The lowest BCUT2D eigenvalue weighted by Gasteiger charge is -2.42. The lowest BCUT2D eigenvalue weighted by molar-refractivity contribution is -0.110. The van der Waals surface area contributed by atoms with Gasteiger partial charge in [0.25, 0.3) is 0 Å². The van der Waals surface area contributed by atoms with Crippen LogP contribution >= 0.6 is 11.8 Å².